The molecule has 1 aromatic carbocycles. The number of nitrogens with two attached hydrogens (primary N) is 1. The predicted molar refractivity (Wildman–Crippen MR) is 81.3 cm³/mol. The zero-order valence-corrected chi connectivity index (χ0v) is 11.6. The van der Waals surface area contributed by atoms with Crippen molar-refractivity contribution < 1.29 is 9.53 Å². The number of ether oxygens (including phenoxy) is 1. The minimum atomic E-state index is -0.249. The SMILES string of the molecule is Nc1ncccc1NC(=O)c1ccccc1OCC1CC1. The molecular weight excluding hydrogens is 266 g/mol. The number of aromatic nitrogens is 1. The molecule has 108 valence electrons. The van der Waals surface area contributed by atoms with Crippen molar-refractivity contribution in [1.29, 1.82) is 0 Å². The number of carbonyl (C=O) groups is 1. The van der Waals surface area contributed by atoms with Gasteiger partial charge in [-0.1, -0.05) is 12.1 Å². The van der Waals surface area contributed by atoms with E-state index in [4.69, 9.17) is 10.5 Å². The first-order valence-electron chi connectivity index (χ1n) is 6.97. The molecule has 2 aromatic rings. The molecule has 0 bridgehead atoms. The van der Waals surface area contributed by atoms with Crippen molar-refractivity contribution in [3.05, 3.63) is 48.2 Å². The van der Waals surface area contributed by atoms with Gasteiger partial charge in [0, 0.05) is 6.20 Å². The monoisotopic (exact) mass is 283 g/mol. The maximum Gasteiger partial charge on any atom is 0.259 e. The second kappa shape index (κ2) is 5.83. The Morgan fingerprint density at radius 2 is 2.10 bits per heavy atom. The van der Waals surface area contributed by atoms with E-state index in [1.165, 1.54) is 12.8 Å². The van der Waals surface area contributed by atoms with Crippen molar-refractivity contribution in [2.75, 3.05) is 17.7 Å². The van der Waals surface area contributed by atoms with Crippen molar-refractivity contribution in [2.45, 2.75) is 12.8 Å². The summed E-state index contributed by atoms with van der Waals surface area (Å²) in [5.41, 5.74) is 6.74. The molecule has 1 aliphatic carbocycles. The molecule has 1 fully saturated rings. The second-order valence-electron chi connectivity index (χ2n) is 5.14. The van der Waals surface area contributed by atoms with Crippen LogP contribution in [0, 0.1) is 5.92 Å². The largest absolute Gasteiger partial charge is 0.492 e. The van der Waals surface area contributed by atoms with Gasteiger partial charge in [0.05, 0.1) is 17.9 Å². The number of hydrogen-bond acceptors (Lipinski definition) is 4. The molecule has 0 spiro atoms. The number of rotatable bonds is 5. The lowest BCUT2D eigenvalue weighted by Crippen LogP contribution is -2.15. The first-order chi connectivity index (χ1) is 10.2. The van der Waals surface area contributed by atoms with Crippen LogP contribution in [0.4, 0.5) is 11.5 Å². The zero-order valence-electron chi connectivity index (χ0n) is 11.6. The normalized spacial score (nSPS) is 13.7. The van der Waals surface area contributed by atoms with Crippen LogP contribution in [0.15, 0.2) is 42.6 Å². The van der Waals surface area contributed by atoms with Crippen LogP contribution in [0.2, 0.25) is 0 Å². The molecular formula is C16H17N3O2. The third-order valence-corrected chi connectivity index (χ3v) is 3.39. The van der Waals surface area contributed by atoms with Crippen molar-refractivity contribution in [1.82, 2.24) is 4.98 Å². The van der Waals surface area contributed by atoms with E-state index in [0.29, 0.717) is 35.3 Å². The van der Waals surface area contributed by atoms with Crippen LogP contribution in [0.3, 0.4) is 0 Å². The van der Waals surface area contributed by atoms with Crippen LogP contribution in [0.25, 0.3) is 0 Å². The van der Waals surface area contributed by atoms with E-state index < -0.39 is 0 Å². The van der Waals surface area contributed by atoms with Gasteiger partial charge < -0.3 is 15.8 Å². The van der Waals surface area contributed by atoms with E-state index in [0.717, 1.165) is 0 Å². The first-order valence-corrected chi connectivity index (χ1v) is 6.97. The molecule has 5 nitrogen and oxygen atoms in total. The van der Waals surface area contributed by atoms with Crippen LogP contribution in [-0.4, -0.2) is 17.5 Å². The maximum absolute atomic E-state index is 12.4. The molecule has 1 heterocycles. The van der Waals surface area contributed by atoms with E-state index in [9.17, 15) is 4.79 Å². The lowest BCUT2D eigenvalue weighted by Gasteiger charge is -2.12. The van der Waals surface area contributed by atoms with Crippen molar-refractivity contribution in [3.8, 4) is 5.75 Å². The quantitative estimate of drug-likeness (QED) is 0.884. The van der Waals surface area contributed by atoms with Crippen LogP contribution >= 0.6 is 0 Å². The highest BCUT2D eigenvalue weighted by atomic mass is 16.5. The average molecular weight is 283 g/mol. The van der Waals surface area contributed by atoms with Gasteiger partial charge in [0.1, 0.15) is 11.6 Å². The molecule has 3 rings (SSSR count). The van der Waals surface area contributed by atoms with Gasteiger partial charge in [0.15, 0.2) is 0 Å². The summed E-state index contributed by atoms with van der Waals surface area (Å²) >= 11 is 0. The Morgan fingerprint density at radius 1 is 1.29 bits per heavy atom. The van der Waals surface area contributed by atoms with Crippen LogP contribution in [0.1, 0.15) is 23.2 Å². The topological polar surface area (TPSA) is 77.2 Å². The fourth-order valence-electron chi connectivity index (χ4n) is 1.99. The second-order valence-corrected chi connectivity index (χ2v) is 5.14. The number of para-hydroxylation sites is 1. The fraction of sp³-hybridized carbons (Fsp3) is 0.250. The molecule has 0 saturated heterocycles. The number of nitrogens with zero attached hydrogens (tertiary/aromatic N) is 1. The summed E-state index contributed by atoms with van der Waals surface area (Å²) in [6, 6.07) is 10.7. The number of benzene rings is 1. The summed E-state index contributed by atoms with van der Waals surface area (Å²) in [6.45, 7) is 0.666. The fourth-order valence-corrected chi connectivity index (χ4v) is 1.99. The minimum Gasteiger partial charge on any atom is -0.492 e. The van der Waals surface area contributed by atoms with E-state index in [2.05, 4.69) is 10.3 Å². The molecule has 0 unspecified atom stereocenters. The lowest BCUT2D eigenvalue weighted by atomic mass is 10.2. The molecule has 0 radical (unpaired) electrons. The molecule has 21 heavy (non-hydrogen) atoms. The molecule has 0 atom stereocenters. The standard InChI is InChI=1S/C16H17N3O2/c17-15-13(5-3-9-18-15)19-16(20)12-4-1-2-6-14(12)21-10-11-7-8-11/h1-6,9,11H,7-8,10H2,(H2,17,18)(H,19,20). The Bertz CT molecular complexity index is 653. The highest BCUT2D eigenvalue weighted by Crippen LogP contribution is 2.30. The molecule has 0 aliphatic heterocycles. The van der Waals surface area contributed by atoms with Gasteiger partial charge in [0.25, 0.3) is 5.91 Å². The highest BCUT2D eigenvalue weighted by molar-refractivity contribution is 6.07. The van der Waals surface area contributed by atoms with Gasteiger partial charge in [-0.05, 0) is 43.0 Å². The van der Waals surface area contributed by atoms with E-state index in [-0.39, 0.29) is 5.91 Å². The smallest absolute Gasteiger partial charge is 0.259 e. The van der Waals surface area contributed by atoms with Crippen LogP contribution in [0.5, 0.6) is 5.75 Å². The Kier molecular flexibility index (Phi) is 3.73. The molecule has 1 saturated carbocycles. The van der Waals surface area contributed by atoms with Crippen LogP contribution < -0.4 is 15.8 Å². The lowest BCUT2D eigenvalue weighted by molar-refractivity contribution is 0.102. The number of amides is 1. The summed E-state index contributed by atoms with van der Waals surface area (Å²) in [5.74, 6) is 1.28. The van der Waals surface area contributed by atoms with Crippen molar-refractivity contribution in [3.63, 3.8) is 0 Å². The Hall–Kier alpha value is -2.56. The molecule has 1 amide bonds. The number of nitrogens with one attached hydrogen (secondary N) is 1. The van der Waals surface area contributed by atoms with Gasteiger partial charge in [-0.2, -0.15) is 0 Å². The third-order valence-electron chi connectivity index (χ3n) is 3.39. The third kappa shape index (κ3) is 3.31. The minimum absolute atomic E-state index is 0.249. The first kappa shape index (κ1) is 13.4. The maximum atomic E-state index is 12.4. The van der Waals surface area contributed by atoms with Gasteiger partial charge in [-0.15, -0.1) is 0 Å². The van der Waals surface area contributed by atoms with Gasteiger partial charge >= 0.3 is 0 Å². The summed E-state index contributed by atoms with van der Waals surface area (Å²) in [5, 5.41) is 2.76. The number of hydrogen-bond donors (Lipinski definition) is 2. The van der Waals surface area contributed by atoms with Crippen molar-refractivity contribution >= 4 is 17.4 Å². The number of carbonyl (C=O) groups excluding carboxylic acids is 1. The van der Waals surface area contributed by atoms with E-state index >= 15 is 0 Å². The van der Waals surface area contributed by atoms with Crippen LogP contribution in [-0.2, 0) is 0 Å². The Balaban J connectivity index is 1.75. The molecule has 1 aromatic heterocycles. The highest BCUT2D eigenvalue weighted by Gasteiger charge is 2.23. The van der Waals surface area contributed by atoms with E-state index in [1.807, 2.05) is 18.2 Å². The molecule has 3 N–H and O–H groups in total. The summed E-state index contributed by atoms with van der Waals surface area (Å²) in [4.78, 5) is 16.3. The Labute approximate surface area is 123 Å². The van der Waals surface area contributed by atoms with Gasteiger partial charge in [-0.25, -0.2) is 4.98 Å². The molecule has 1 aliphatic rings. The summed E-state index contributed by atoms with van der Waals surface area (Å²) in [7, 11) is 0. The number of anilines is 2. The van der Waals surface area contributed by atoms with Gasteiger partial charge in [-0.3, -0.25) is 4.79 Å². The summed E-state index contributed by atoms with van der Waals surface area (Å²) in [6.07, 6.45) is 4.00. The van der Waals surface area contributed by atoms with Gasteiger partial charge in [0.2, 0.25) is 0 Å². The number of nitrogen functional groups attached to an aromatic ring is 1. The summed E-state index contributed by atoms with van der Waals surface area (Å²) < 4.78 is 5.74. The molecule has 5 heteroatoms. The number of pyridine rings is 1. The van der Waals surface area contributed by atoms with E-state index in [1.54, 1.807) is 24.4 Å². The predicted octanol–water partition coefficient (Wildman–Crippen LogP) is 2.70. The Morgan fingerprint density at radius 3 is 2.86 bits per heavy atom. The van der Waals surface area contributed by atoms with Crippen molar-refractivity contribution in [2.24, 2.45) is 5.92 Å². The average Bonchev–Trinajstić information content (AvgIpc) is 3.32. The zero-order chi connectivity index (χ0) is 14.7.